The molecule has 1 saturated heterocycles. The number of hydrogen-bond donors (Lipinski definition) is 2. The molecule has 0 aromatic heterocycles. The van der Waals surface area contributed by atoms with Gasteiger partial charge in [-0.2, -0.15) is 0 Å². The number of aliphatic hydroxyl groups is 1. The zero-order chi connectivity index (χ0) is 8.27. The zero-order valence-corrected chi connectivity index (χ0v) is 7.16. The number of rotatable bonds is 3. The fourth-order valence-corrected chi connectivity index (χ4v) is 1.83. The molecule has 1 aliphatic heterocycles. The summed E-state index contributed by atoms with van der Waals surface area (Å²) in [5, 5.41) is 8.73. The number of nitrogens with two attached hydrogens (primary N) is 1. The highest BCUT2D eigenvalue weighted by Crippen LogP contribution is 2.20. The molecule has 1 aliphatic rings. The third kappa shape index (κ3) is 2.15. The molecule has 0 spiro atoms. The molecule has 2 atom stereocenters. The predicted octanol–water partition coefficient (Wildman–Crippen LogP) is -0.352. The molecule has 1 fully saturated rings. The van der Waals surface area contributed by atoms with Crippen molar-refractivity contribution in [2.45, 2.75) is 19.4 Å². The standard InChI is InChI=1S/C8H18N2O/c1-7-4-8(5-9)6-10(7)2-3-11/h7-8,11H,2-6,9H2,1H3. The Morgan fingerprint density at radius 2 is 2.36 bits per heavy atom. The van der Waals surface area contributed by atoms with Gasteiger partial charge in [-0.25, -0.2) is 0 Å². The van der Waals surface area contributed by atoms with E-state index in [0.29, 0.717) is 12.0 Å². The monoisotopic (exact) mass is 158 g/mol. The molecule has 2 unspecified atom stereocenters. The first kappa shape index (κ1) is 8.97. The minimum absolute atomic E-state index is 0.266. The van der Waals surface area contributed by atoms with Gasteiger partial charge in [0.25, 0.3) is 0 Å². The molecule has 0 bridgehead atoms. The van der Waals surface area contributed by atoms with Gasteiger partial charge in [0.05, 0.1) is 6.61 Å². The summed E-state index contributed by atoms with van der Waals surface area (Å²) in [6, 6.07) is 0.607. The first-order valence-corrected chi connectivity index (χ1v) is 4.33. The average molecular weight is 158 g/mol. The van der Waals surface area contributed by atoms with E-state index in [1.54, 1.807) is 0 Å². The van der Waals surface area contributed by atoms with Crippen LogP contribution in [0.1, 0.15) is 13.3 Å². The molecule has 0 aliphatic carbocycles. The van der Waals surface area contributed by atoms with Gasteiger partial charge in [-0.15, -0.1) is 0 Å². The predicted molar refractivity (Wildman–Crippen MR) is 45.3 cm³/mol. The van der Waals surface area contributed by atoms with Crippen LogP contribution in [-0.2, 0) is 0 Å². The minimum atomic E-state index is 0.266. The van der Waals surface area contributed by atoms with Crippen LogP contribution in [0.25, 0.3) is 0 Å². The lowest BCUT2D eigenvalue weighted by Gasteiger charge is -2.18. The Bertz CT molecular complexity index is 119. The third-order valence-corrected chi connectivity index (χ3v) is 2.51. The highest BCUT2D eigenvalue weighted by molar-refractivity contribution is 4.82. The van der Waals surface area contributed by atoms with Crippen LogP contribution in [0.4, 0.5) is 0 Å². The normalized spacial score (nSPS) is 33.0. The fraction of sp³-hybridized carbons (Fsp3) is 1.00. The minimum Gasteiger partial charge on any atom is -0.395 e. The lowest BCUT2D eigenvalue weighted by molar-refractivity contribution is 0.189. The Balaban J connectivity index is 2.32. The van der Waals surface area contributed by atoms with E-state index in [2.05, 4.69) is 11.8 Å². The number of hydrogen-bond acceptors (Lipinski definition) is 3. The Morgan fingerprint density at radius 3 is 2.82 bits per heavy atom. The van der Waals surface area contributed by atoms with Gasteiger partial charge in [-0.05, 0) is 25.8 Å². The summed E-state index contributed by atoms with van der Waals surface area (Å²) in [6.45, 7) is 5.12. The average Bonchev–Trinajstić information content (AvgIpc) is 2.33. The van der Waals surface area contributed by atoms with Crippen molar-refractivity contribution in [3.8, 4) is 0 Å². The summed E-state index contributed by atoms with van der Waals surface area (Å²) in [4.78, 5) is 2.30. The van der Waals surface area contributed by atoms with E-state index >= 15 is 0 Å². The van der Waals surface area contributed by atoms with E-state index < -0.39 is 0 Å². The molecule has 1 rings (SSSR count). The van der Waals surface area contributed by atoms with Crippen molar-refractivity contribution in [1.82, 2.24) is 4.90 Å². The second kappa shape index (κ2) is 4.04. The fourth-order valence-electron chi connectivity index (χ4n) is 1.83. The molecule has 3 N–H and O–H groups in total. The van der Waals surface area contributed by atoms with Crippen LogP contribution in [0.15, 0.2) is 0 Å². The van der Waals surface area contributed by atoms with Gasteiger partial charge in [-0.1, -0.05) is 0 Å². The van der Waals surface area contributed by atoms with Crippen molar-refractivity contribution in [2.75, 3.05) is 26.2 Å². The summed E-state index contributed by atoms with van der Waals surface area (Å²) < 4.78 is 0. The zero-order valence-electron chi connectivity index (χ0n) is 7.16. The number of likely N-dealkylation sites (tertiary alicyclic amines) is 1. The highest BCUT2D eigenvalue weighted by Gasteiger charge is 2.26. The number of β-amino-alcohol motifs (C(OH)–C–C–N with tert-alkyl or cyclic N) is 1. The van der Waals surface area contributed by atoms with Gasteiger partial charge in [0.2, 0.25) is 0 Å². The number of nitrogens with zero attached hydrogens (tertiary/aromatic N) is 1. The van der Waals surface area contributed by atoms with Crippen molar-refractivity contribution in [1.29, 1.82) is 0 Å². The summed E-state index contributed by atoms with van der Waals surface area (Å²) in [6.07, 6.45) is 1.19. The molecule has 1 heterocycles. The van der Waals surface area contributed by atoms with Crippen LogP contribution in [0.5, 0.6) is 0 Å². The van der Waals surface area contributed by atoms with Gasteiger partial charge in [-0.3, -0.25) is 4.90 Å². The van der Waals surface area contributed by atoms with Gasteiger partial charge in [0.15, 0.2) is 0 Å². The van der Waals surface area contributed by atoms with Crippen LogP contribution < -0.4 is 5.73 Å². The number of aliphatic hydroxyl groups excluding tert-OH is 1. The molecular weight excluding hydrogens is 140 g/mol. The van der Waals surface area contributed by atoms with E-state index in [0.717, 1.165) is 19.6 Å². The molecular formula is C8H18N2O. The molecule has 0 saturated carbocycles. The first-order chi connectivity index (χ1) is 5.27. The molecule has 0 aromatic rings. The topological polar surface area (TPSA) is 49.5 Å². The van der Waals surface area contributed by atoms with E-state index in [9.17, 15) is 0 Å². The molecule has 11 heavy (non-hydrogen) atoms. The van der Waals surface area contributed by atoms with E-state index in [4.69, 9.17) is 10.8 Å². The molecule has 0 radical (unpaired) electrons. The van der Waals surface area contributed by atoms with Crippen LogP contribution >= 0.6 is 0 Å². The van der Waals surface area contributed by atoms with Gasteiger partial charge in [0, 0.05) is 19.1 Å². The molecule has 0 amide bonds. The van der Waals surface area contributed by atoms with Gasteiger partial charge < -0.3 is 10.8 Å². The Morgan fingerprint density at radius 1 is 1.64 bits per heavy atom. The maximum atomic E-state index is 8.73. The van der Waals surface area contributed by atoms with Crippen LogP contribution in [0.3, 0.4) is 0 Å². The van der Waals surface area contributed by atoms with Gasteiger partial charge in [0.1, 0.15) is 0 Å². The SMILES string of the molecule is CC1CC(CN)CN1CCO. The van der Waals surface area contributed by atoms with Crippen molar-refractivity contribution < 1.29 is 5.11 Å². The van der Waals surface area contributed by atoms with Crippen molar-refractivity contribution in [2.24, 2.45) is 11.7 Å². The second-order valence-electron chi connectivity index (χ2n) is 3.40. The van der Waals surface area contributed by atoms with Crippen LogP contribution in [0.2, 0.25) is 0 Å². The third-order valence-electron chi connectivity index (χ3n) is 2.51. The quantitative estimate of drug-likeness (QED) is 0.590. The Kier molecular flexibility index (Phi) is 3.30. The van der Waals surface area contributed by atoms with E-state index in [-0.39, 0.29) is 6.61 Å². The summed E-state index contributed by atoms with van der Waals surface area (Å²) in [5.74, 6) is 0.650. The lowest BCUT2D eigenvalue weighted by atomic mass is 10.1. The largest absolute Gasteiger partial charge is 0.395 e. The summed E-state index contributed by atoms with van der Waals surface area (Å²) in [5.41, 5.74) is 5.57. The van der Waals surface area contributed by atoms with E-state index in [1.807, 2.05) is 0 Å². The Hall–Kier alpha value is -0.120. The smallest absolute Gasteiger partial charge is 0.0558 e. The van der Waals surface area contributed by atoms with Crippen LogP contribution in [-0.4, -0.2) is 42.3 Å². The van der Waals surface area contributed by atoms with Crippen molar-refractivity contribution in [3.05, 3.63) is 0 Å². The molecule has 3 nitrogen and oxygen atoms in total. The summed E-state index contributed by atoms with van der Waals surface area (Å²) >= 11 is 0. The van der Waals surface area contributed by atoms with Gasteiger partial charge >= 0.3 is 0 Å². The maximum Gasteiger partial charge on any atom is 0.0558 e. The molecule has 0 aromatic carbocycles. The Labute approximate surface area is 68.2 Å². The lowest BCUT2D eigenvalue weighted by Crippen LogP contribution is -2.30. The van der Waals surface area contributed by atoms with E-state index in [1.165, 1.54) is 6.42 Å². The van der Waals surface area contributed by atoms with Crippen LogP contribution in [0, 0.1) is 5.92 Å². The molecule has 3 heteroatoms. The van der Waals surface area contributed by atoms with Crippen molar-refractivity contribution in [3.63, 3.8) is 0 Å². The summed E-state index contributed by atoms with van der Waals surface area (Å²) in [7, 11) is 0. The second-order valence-corrected chi connectivity index (χ2v) is 3.40. The maximum absolute atomic E-state index is 8.73. The first-order valence-electron chi connectivity index (χ1n) is 4.33. The van der Waals surface area contributed by atoms with Crippen molar-refractivity contribution >= 4 is 0 Å². The highest BCUT2D eigenvalue weighted by atomic mass is 16.3. The molecule has 66 valence electrons.